The van der Waals surface area contributed by atoms with Crippen LogP contribution in [0.2, 0.25) is 0 Å². The van der Waals surface area contributed by atoms with Crippen molar-refractivity contribution in [1.82, 2.24) is 5.32 Å². The fourth-order valence-corrected chi connectivity index (χ4v) is 3.77. The number of esters is 1. The van der Waals surface area contributed by atoms with Crippen LogP contribution < -0.4 is 5.32 Å². The van der Waals surface area contributed by atoms with Crippen LogP contribution in [0.25, 0.3) is 0 Å². The third kappa shape index (κ3) is 7.71. The predicted molar refractivity (Wildman–Crippen MR) is 116 cm³/mol. The smallest absolute Gasteiger partial charge is 0.408 e. The number of hydrogen-bond acceptors (Lipinski definition) is 5. The number of ether oxygens (including phenoxy) is 2. The molecule has 2 rings (SSSR count). The van der Waals surface area contributed by atoms with Crippen molar-refractivity contribution in [2.75, 3.05) is 0 Å². The highest BCUT2D eigenvalue weighted by atomic mass is 32.2. The van der Waals surface area contributed by atoms with Crippen LogP contribution in [0.4, 0.5) is 9.18 Å². The van der Waals surface area contributed by atoms with Crippen molar-refractivity contribution in [3.63, 3.8) is 0 Å². The molecule has 0 aromatic heterocycles. The van der Waals surface area contributed by atoms with Gasteiger partial charge in [0.2, 0.25) is 0 Å². The zero-order chi connectivity index (χ0) is 22.3. The number of benzene rings is 2. The number of halogens is 1. The van der Waals surface area contributed by atoms with E-state index in [-0.39, 0.29) is 11.1 Å². The monoisotopic (exact) mass is 433 g/mol. The van der Waals surface area contributed by atoms with Gasteiger partial charge in [-0.3, -0.25) is 0 Å². The summed E-state index contributed by atoms with van der Waals surface area (Å²) in [5, 5.41) is 2.23. The molecule has 2 aromatic carbocycles. The molecule has 30 heavy (non-hydrogen) atoms. The first-order valence-electron chi connectivity index (χ1n) is 9.72. The molecule has 1 amide bonds. The fraction of sp³-hybridized carbons (Fsp3) is 0.391. The Labute approximate surface area is 181 Å². The van der Waals surface area contributed by atoms with Crippen LogP contribution in [0, 0.1) is 5.82 Å². The first-order valence-corrected chi connectivity index (χ1v) is 10.6. The molecule has 0 radical (unpaired) electrons. The van der Waals surface area contributed by atoms with E-state index in [0.717, 1.165) is 10.5 Å². The van der Waals surface area contributed by atoms with Crippen molar-refractivity contribution < 1.29 is 23.5 Å². The van der Waals surface area contributed by atoms with Crippen molar-refractivity contribution in [1.29, 1.82) is 0 Å². The van der Waals surface area contributed by atoms with Gasteiger partial charge < -0.3 is 14.8 Å². The van der Waals surface area contributed by atoms with Crippen molar-refractivity contribution in [2.24, 2.45) is 0 Å². The highest BCUT2D eigenvalue weighted by Gasteiger charge is 2.28. The lowest BCUT2D eigenvalue weighted by atomic mass is 10.1. The van der Waals surface area contributed by atoms with Crippen LogP contribution in [-0.4, -0.2) is 29.8 Å². The normalized spacial score (nSPS) is 14.3. The number of thioether (sulfide) groups is 1. The number of alkyl carbamates (subject to hydrolysis) is 1. The molecule has 0 aliphatic carbocycles. The quantitative estimate of drug-likeness (QED) is 0.461. The molecule has 0 heterocycles. The summed E-state index contributed by atoms with van der Waals surface area (Å²) in [6.07, 6.45) is -1.22. The van der Waals surface area contributed by atoms with Crippen molar-refractivity contribution in [2.45, 2.75) is 62.5 Å². The SMILES string of the molecule is C[C@H](NC(=O)OC(C)(C)C)C(=O)O[C@@H](C)[C@H](Sc1ccccc1)c1ccc(F)cc1. The van der Waals surface area contributed by atoms with Gasteiger partial charge in [-0.25, -0.2) is 14.0 Å². The summed E-state index contributed by atoms with van der Waals surface area (Å²) >= 11 is 1.52. The minimum absolute atomic E-state index is 0.259. The second-order valence-corrected chi connectivity index (χ2v) is 9.13. The van der Waals surface area contributed by atoms with Crippen LogP contribution >= 0.6 is 11.8 Å². The Morgan fingerprint density at radius 3 is 2.17 bits per heavy atom. The van der Waals surface area contributed by atoms with Gasteiger partial charge in [0.05, 0.1) is 5.25 Å². The van der Waals surface area contributed by atoms with Gasteiger partial charge in [-0.15, -0.1) is 11.8 Å². The van der Waals surface area contributed by atoms with E-state index < -0.39 is 29.8 Å². The maximum absolute atomic E-state index is 13.4. The molecular weight excluding hydrogens is 405 g/mol. The second-order valence-electron chi connectivity index (χ2n) is 7.91. The number of rotatable bonds is 7. The average Bonchev–Trinajstić information content (AvgIpc) is 2.66. The summed E-state index contributed by atoms with van der Waals surface area (Å²) in [6.45, 7) is 8.54. The van der Waals surface area contributed by atoms with E-state index >= 15 is 0 Å². The second kappa shape index (κ2) is 10.5. The Morgan fingerprint density at radius 1 is 1.00 bits per heavy atom. The van der Waals surface area contributed by atoms with Crippen LogP contribution in [0.1, 0.15) is 45.4 Å². The van der Waals surface area contributed by atoms with E-state index in [1.807, 2.05) is 30.3 Å². The van der Waals surface area contributed by atoms with Gasteiger partial charge in [-0.1, -0.05) is 30.3 Å². The zero-order valence-corrected chi connectivity index (χ0v) is 18.7. The summed E-state index contributed by atoms with van der Waals surface area (Å²) in [7, 11) is 0. The molecule has 5 nitrogen and oxygen atoms in total. The minimum Gasteiger partial charge on any atom is -0.460 e. The molecule has 162 valence electrons. The van der Waals surface area contributed by atoms with Crippen LogP contribution in [0.15, 0.2) is 59.5 Å². The number of amides is 1. The molecular formula is C23H28FNO4S. The Bertz CT molecular complexity index is 837. The molecule has 3 atom stereocenters. The molecule has 0 aliphatic heterocycles. The van der Waals surface area contributed by atoms with E-state index in [9.17, 15) is 14.0 Å². The van der Waals surface area contributed by atoms with E-state index in [2.05, 4.69) is 5.32 Å². The Kier molecular flexibility index (Phi) is 8.29. The Morgan fingerprint density at radius 2 is 1.60 bits per heavy atom. The summed E-state index contributed by atoms with van der Waals surface area (Å²) < 4.78 is 24.2. The molecule has 0 aliphatic rings. The van der Waals surface area contributed by atoms with E-state index in [1.54, 1.807) is 39.8 Å². The first kappa shape index (κ1) is 23.7. The van der Waals surface area contributed by atoms with Gasteiger partial charge >= 0.3 is 12.1 Å². The summed E-state index contributed by atoms with van der Waals surface area (Å²) in [6, 6.07) is 14.9. The summed E-state index contributed by atoms with van der Waals surface area (Å²) in [5.74, 6) is -0.906. The van der Waals surface area contributed by atoms with Crippen LogP contribution in [0.3, 0.4) is 0 Å². The summed E-state index contributed by atoms with van der Waals surface area (Å²) in [4.78, 5) is 25.4. The first-order chi connectivity index (χ1) is 14.0. The third-order valence-electron chi connectivity index (χ3n) is 4.02. The molecule has 0 unspecified atom stereocenters. The van der Waals surface area contributed by atoms with Gasteiger partial charge in [0.1, 0.15) is 23.6 Å². The van der Waals surface area contributed by atoms with Crippen LogP contribution in [-0.2, 0) is 14.3 Å². The minimum atomic E-state index is -0.877. The number of hydrogen-bond donors (Lipinski definition) is 1. The maximum Gasteiger partial charge on any atom is 0.408 e. The average molecular weight is 434 g/mol. The fourth-order valence-electron chi connectivity index (χ4n) is 2.62. The van der Waals surface area contributed by atoms with E-state index in [4.69, 9.17) is 9.47 Å². The van der Waals surface area contributed by atoms with E-state index in [0.29, 0.717) is 0 Å². The lowest BCUT2D eigenvalue weighted by Gasteiger charge is -2.26. The topological polar surface area (TPSA) is 64.6 Å². The van der Waals surface area contributed by atoms with Crippen molar-refractivity contribution in [3.05, 3.63) is 66.0 Å². The summed E-state index contributed by atoms with van der Waals surface area (Å²) in [5.41, 5.74) is 0.166. The van der Waals surface area contributed by atoms with Crippen LogP contribution in [0.5, 0.6) is 0 Å². The predicted octanol–water partition coefficient (Wildman–Crippen LogP) is 5.50. The van der Waals surface area contributed by atoms with Gasteiger partial charge in [-0.2, -0.15) is 0 Å². The molecule has 0 saturated heterocycles. The van der Waals surface area contributed by atoms with Gasteiger partial charge in [0.25, 0.3) is 0 Å². The molecule has 0 saturated carbocycles. The highest BCUT2D eigenvalue weighted by Crippen LogP contribution is 2.39. The molecule has 0 bridgehead atoms. The van der Waals surface area contributed by atoms with Crippen molar-refractivity contribution >= 4 is 23.8 Å². The van der Waals surface area contributed by atoms with Gasteiger partial charge in [0, 0.05) is 4.90 Å². The van der Waals surface area contributed by atoms with E-state index in [1.165, 1.54) is 30.8 Å². The molecule has 0 fully saturated rings. The largest absolute Gasteiger partial charge is 0.460 e. The highest BCUT2D eigenvalue weighted by molar-refractivity contribution is 7.99. The third-order valence-corrected chi connectivity index (χ3v) is 5.47. The van der Waals surface area contributed by atoms with Gasteiger partial charge in [0.15, 0.2) is 0 Å². The molecule has 1 N–H and O–H groups in total. The lowest BCUT2D eigenvalue weighted by molar-refractivity contribution is -0.150. The maximum atomic E-state index is 13.4. The Hall–Kier alpha value is -2.54. The molecule has 7 heteroatoms. The number of carbonyl (C=O) groups is 2. The number of nitrogens with one attached hydrogen (secondary N) is 1. The van der Waals surface area contributed by atoms with Crippen molar-refractivity contribution in [3.8, 4) is 0 Å². The molecule has 2 aromatic rings. The molecule has 0 spiro atoms. The zero-order valence-electron chi connectivity index (χ0n) is 17.8. The van der Waals surface area contributed by atoms with Gasteiger partial charge in [-0.05, 0) is 64.4 Å². The Balaban J connectivity index is 2.09. The standard InChI is InChI=1S/C23H28FNO4S/c1-15(25-22(27)29-23(3,4)5)21(26)28-16(2)20(17-11-13-18(24)14-12-17)30-19-9-7-6-8-10-19/h6-16,20H,1-5H3,(H,25,27)/t15-,16-,20-/m0/s1. The number of carbonyl (C=O) groups excluding carboxylic acids is 2. The lowest BCUT2D eigenvalue weighted by Crippen LogP contribution is -2.43.